The Morgan fingerprint density at radius 3 is 2.58 bits per heavy atom. The fourth-order valence-corrected chi connectivity index (χ4v) is 3.29. The van der Waals surface area contributed by atoms with Gasteiger partial charge in [0.1, 0.15) is 10.3 Å². The lowest BCUT2D eigenvalue weighted by Gasteiger charge is -2.19. The van der Waals surface area contributed by atoms with E-state index >= 15 is 0 Å². The summed E-state index contributed by atoms with van der Waals surface area (Å²) >= 11 is 3.31. The molecule has 4 rings (SSSR count). The van der Waals surface area contributed by atoms with Gasteiger partial charge in [0.25, 0.3) is 5.91 Å². The van der Waals surface area contributed by atoms with Crippen LogP contribution in [0.5, 0.6) is 0 Å². The van der Waals surface area contributed by atoms with Gasteiger partial charge in [-0.15, -0.1) is 0 Å². The summed E-state index contributed by atoms with van der Waals surface area (Å²) in [6.07, 6.45) is 0.200. The first-order valence-corrected chi connectivity index (χ1v) is 8.19. The number of pyridine rings is 1. The minimum atomic E-state index is -1.26. The van der Waals surface area contributed by atoms with Crippen LogP contribution in [0.25, 0.3) is 0 Å². The number of amides is 2. The Balaban J connectivity index is 1.62. The zero-order valence-electron chi connectivity index (χ0n) is 12.5. The molecule has 6 nitrogen and oxygen atoms in total. The Bertz CT molecular complexity index is 868. The van der Waals surface area contributed by atoms with E-state index in [1.165, 1.54) is 4.90 Å². The predicted molar refractivity (Wildman–Crippen MR) is 90.5 cm³/mol. The van der Waals surface area contributed by atoms with E-state index in [2.05, 4.69) is 26.1 Å². The van der Waals surface area contributed by atoms with Gasteiger partial charge in [0.05, 0.1) is 17.8 Å². The molecule has 1 unspecified atom stereocenters. The largest absolute Gasteiger partial charge is 0.378 e. The lowest BCUT2D eigenvalue weighted by Crippen LogP contribution is -2.40. The number of hydrogen-bond acceptors (Lipinski definition) is 5. The molecule has 7 heteroatoms. The SMILES string of the molecule is O=C1CC2(CC(c3cccc(Br)n3)=NO2)C(=O)N1c1ccccc1. The molecule has 24 heavy (non-hydrogen) atoms. The molecule has 2 aliphatic heterocycles. The van der Waals surface area contributed by atoms with Gasteiger partial charge in [0.2, 0.25) is 11.5 Å². The highest BCUT2D eigenvalue weighted by molar-refractivity contribution is 9.10. The molecule has 120 valence electrons. The molecule has 3 heterocycles. The quantitative estimate of drug-likeness (QED) is 0.588. The number of anilines is 1. The van der Waals surface area contributed by atoms with Crippen molar-refractivity contribution in [2.75, 3.05) is 4.90 Å². The average Bonchev–Trinajstić information content (AvgIpc) is 3.11. The second-order valence-corrected chi connectivity index (χ2v) is 6.50. The second-order valence-electron chi connectivity index (χ2n) is 5.69. The lowest BCUT2D eigenvalue weighted by atomic mass is 9.94. The molecular formula is C17H12BrN3O3. The van der Waals surface area contributed by atoms with Gasteiger partial charge in [-0.2, -0.15) is 0 Å². The molecule has 0 N–H and O–H groups in total. The number of carbonyl (C=O) groups is 2. The number of aromatic nitrogens is 1. The second kappa shape index (κ2) is 5.52. The fraction of sp³-hybridized carbons (Fsp3) is 0.176. The highest BCUT2D eigenvalue weighted by Crippen LogP contribution is 2.39. The van der Waals surface area contributed by atoms with Crippen molar-refractivity contribution in [3.63, 3.8) is 0 Å². The van der Waals surface area contributed by atoms with Gasteiger partial charge >= 0.3 is 0 Å². The van der Waals surface area contributed by atoms with E-state index in [1.807, 2.05) is 12.1 Å². The molecular weight excluding hydrogens is 374 g/mol. The summed E-state index contributed by atoms with van der Waals surface area (Å²) in [5, 5.41) is 4.03. The van der Waals surface area contributed by atoms with Crippen LogP contribution in [-0.4, -0.2) is 28.1 Å². The molecule has 0 radical (unpaired) electrons. The fourth-order valence-electron chi connectivity index (χ4n) is 2.95. The summed E-state index contributed by atoms with van der Waals surface area (Å²) in [5.74, 6) is -0.669. The van der Waals surface area contributed by atoms with Crippen LogP contribution in [0.15, 0.2) is 58.3 Å². The normalized spacial score (nSPS) is 22.9. The summed E-state index contributed by atoms with van der Waals surface area (Å²) in [4.78, 5) is 36.2. The van der Waals surface area contributed by atoms with Crippen LogP contribution in [0.4, 0.5) is 5.69 Å². The minimum absolute atomic E-state index is 0.0261. The van der Waals surface area contributed by atoms with E-state index < -0.39 is 5.60 Å². The number of carbonyl (C=O) groups excluding carboxylic acids is 2. The average molecular weight is 386 g/mol. The van der Waals surface area contributed by atoms with Gasteiger partial charge in [-0.3, -0.25) is 9.59 Å². The van der Waals surface area contributed by atoms with Crippen molar-refractivity contribution < 1.29 is 14.4 Å². The highest BCUT2D eigenvalue weighted by Gasteiger charge is 2.58. The van der Waals surface area contributed by atoms with Crippen LogP contribution in [0.3, 0.4) is 0 Å². The molecule has 0 saturated carbocycles. The predicted octanol–water partition coefficient (Wildman–Crippen LogP) is 2.67. The number of nitrogens with zero attached hydrogens (tertiary/aromatic N) is 3. The summed E-state index contributed by atoms with van der Waals surface area (Å²) in [5.41, 5.74) is 0.473. The van der Waals surface area contributed by atoms with Crippen molar-refractivity contribution in [2.24, 2.45) is 5.16 Å². The molecule has 1 saturated heterocycles. The third-order valence-electron chi connectivity index (χ3n) is 4.09. The maximum Gasteiger partial charge on any atom is 0.281 e. The molecule has 1 spiro atoms. The number of halogens is 1. The third-order valence-corrected chi connectivity index (χ3v) is 4.53. The van der Waals surface area contributed by atoms with Gasteiger partial charge in [-0.05, 0) is 40.2 Å². The van der Waals surface area contributed by atoms with Crippen molar-refractivity contribution in [2.45, 2.75) is 18.4 Å². The van der Waals surface area contributed by atoms with Crippen LogP contribution in [0.1, 0.15) is 18.5 Å². The maximum absolute atomic E-state index is 12.9. The van der Waals surface area contributed by atoms with Crippen molar-refractivity contribution >= 4 is 39.1 Å². The Morgan fingerprint density at radius 2 is 1.83 bits per heavy atom. The Morgan fingerprint density at radius 1 is 1.04 bits per heavy atom. The van der Waals surface area contributed by atoms with E-state index in [-0.39, 0.29) is 24.7 Å². The minimum Gasteiger partial charge on any atom is -0.378 e. The molecule has 1 aromatic carbocycles. The molecule has 1 aromatic heterocycles. The molecule has 2 aliphatic rings. The molecule has 1 atom stereocenters. The lowest BCUT2D eigenvalue weighted by molar-refractivity contribution is -0.136. The van der Waals surface area contributed by atoms with Gasteiger partial charge in [-0.1, -0.05) is 29.4 Å². The summed E-state index contributed by atoms with van der Waals surface area (Å²) in [6.45, 7) is 0. The standard InChI is InChI=1S/C17H12BrN3O3/c18-14-8-4-7-12(19-14)13-9-17(24-20-13)10-15(22)21(16(17)23)11-5-2-1-3-6-11/h1-8H,9-10H2. The van der Waals surface area contributed by atoms with E-state index in [9.17, 15) is 9.59 Å². The number of para-hydroxylation sites is 1. The van der Waals surface area contributed by atoms with E-state index in [4.69, 9.17) is 4.84 Å². The monoisotopic (exact) mass is 385 g/mol. The van der Waals surface area contributed by atoms with Crippen LogP contribution in [0, 0.1) is 0 Å². The number of oxime groups is 1. The zero-order valence-corrected chi connectivity index (χ0v) is 14.1. The first-order valence-electron chi connectivity index (χ1n) is 7.39. The number of imide groups is 1. The summed E-state index contributed by atoms with van der Waals surface area (Å²) in [7, 11) is 0. The molecule has 0 aliphatic carbocycles. The smallest absolute Gasteiger partial charge is 0.281 e. The Hall–Kier alpha value is -2.54. The first kappa shape index (κ1) is 15.0. The van der Waals surface area contributed by atoms with Crippen molar-refractivity contribution in [3.8, 4) is 0 Å². The van der Waals surface area contributed by atoms with Crippen LogP contribution < -0.4 is 4.90 Å². The highest BCUT2D eigenvalue weighted by atomic mass is 79.9. The van der Waals surface area contributed by atoms with Crippen molar-refractivity contribution in [3.05, 3.63) is 58.8 Å². The Kier molecular flexibility index (Phi) is 3.45. The molecule has 0 bridgehead atoms. The molecule has 2 amide bonds. The van der Waals surface area contributed by atoms with Crippen LogP contribution >= 0.6 is 15.9 Å². The summed E-state index contributed by atoms with van der Waals surface area (Å²) in [6, 6.07) is 14.3. The van der Waals surface area contributed by atoms with Gasteiger partial charge in [-0.25, -0.2) is 9.88 Å². The molecule has 1 fully saturated rings. The number of benzene rings is 1. The van der Waals surface area contributed by atoms with Crippen molar-refractivity contribution in [1.82, 2.24) is 4.98 Å². The zero-order chi connectivity index (χ0) is 16.7. The van der Waals surface area contributed by atoms with Gasteiger partial charge < -0.3 is 4.84 Å². The number of rotatable bonds is 2. The van der Waals surface area contributed by atoms with E-state index in [0.29, 0.717) is 21.7 Å². The van der Waals surface area contributed by atoms with Crippen molar-refractivity contribution in [1.29, 1.82) is 0 Å². The van der Waals surface area contributed by atoms with E-state index in [1.54, 1.807) is 36.4 Å². The van der Waals surface area contributed by atoms with Crippen LogP contribution in [0.2, 0.25) is 0 Å². The van der Waals surface area contributed by atoms with Gasteiger partial charge in [0, 0.05) is 6.42 Å². The maximum atomic E-state index is 12.9. The topological polar surface area (TPSA) is 71.9 Å². The third kappa shape index (κ3) is 2.32. The number of hydrogen-bond donors (Lipinski definition) is 0. The van der Waals surface area contributed by atoms with Gasteiger partial charge in [0.15, 0.2) is 0 Å². The van der Waals surface area contributed by atoms with E-state index in [0.717, 1.165) is 0 Å². The summed E-state index contributed by atoms with van der Waals surface area (Å²) < 4.78 is 0.670. The first-order chi connectivity index (χ1) is 11.6. The van der Waals surface area contributed by atoms with Crippen LogP contribution in [-0.2, 0) is 14.4 Å². The Labute approximate surface area is 146 Å². The molecule has 2 aromatic rings.